The van der Waals surface area contributed by atoms with Crippen molar-refractivity contribution in [3.05, 3.63) is 76.2 Å². The maximum Gasteiger partial charge on any atom is 0.276 e. The lowest BCUT2D eigenvalue weighted by atomic mass is 10.3. The van der Waals surface area contributed by atoms with E-state index in [0.717, 1.165) is 0 Å². The first kappa shape index (κ1) is 22.0. The Morgan fingerprint density at radius 2 is 1.73 bits per heavy atom. The second kappa shape index (κ2) is 9.88. The average molecular weight is 469 g/mol. The first-order valence-electron chi connectivity index (χ1n) is 8.81. The molecule has 1 heterocycles. The lowest BCUT2D eigenvalue weighted by Crippen LogP contribution is -2.18. The Hall–Kier alpha value is -2.68. The van der Waals surface area contributed by atoms with E-state index < -0.39 is 10.0 Å². The number of halogens is 2. The molecule has 3 rings (SSSR count). The fourth-order valence-electron chi connectivity index (χ4n) is 2.36. The Morgan fingerprint density at radius 1 is 1.00 bits per heavy atom. The summed E-state index contributed by atoms with van der Waals surface area (Å²) in [6.07, 6.45) is 1.26. The quantitative estimate of drug-likeness (QED) is 0.357. The van der Waals surface area contributed by atoms with E-state index in [-0.39, 0.29) is 11.5 Å². The van der Waals surface area contributed by atoms with Crippen LogP contribution in [0.1, 0.15) is 18.4 Å². The maximum absolute atomic E-state index is 12.3. The van der Waals surface area contributed by atoms with Gasteiger partial charge < -0.3 is 13.9 Å². The summed E-state index contributed by atoms with van der Waals surface area (Å²) in [5.74, 6) is 2.01. The van der Waals surface area contributed by atoms with Crippen LogP contribution in [0.25, 0.3) is 0 Å². The highest BCUT2D eigenvalue weighted by Gasteiger charge is 2.12. The summed E-state index contributed by atoms with van der Waals surface area (Å²) < 4.78 is 41.0. The topological polar surface area (TPSA) is 90.1 Å². The minimum Gasteiger partial charge on any atom is -0.494 e. The van der Waals surface area contributed by atoms with Crippen molar-refractivity contribution in [2.45, 2.75) is 18.4 Å². The van der Waals surface area contributed by atoms with Crippen LogP contribution < -0.4 is 14.3 Å². The summed E-state index contributed by atoms with van der Waals surface area (Å²) in [4.78, 5) is 2.20. The molecule has 0 saturated carbocycles. The highest BCUT2D eigenvalue weighted by atomic mass is 35.5. The van der Waals surface area contributed by atoms with Gasteiger partial charge in [-0.1, -0.05) is 23.2 Å². The molecule has 0 unspecified atom stereocenters. The number of hydrogen-bond donors (Lipinski definition) is 1. The molecule has 0 radical (unpaired) electrons. The van der Waals surface area contributed by atoms with Gasteiger partial charge in [-0.15, -0.1) is 0 Å². The molecule has 0 fully saturated rings. The molecule has 0 saturated heterocycles. The predicted octanol–water partition coefficient (Wildman–Crippen LogP) is 4.88. The first-order valence-corrected chi connectivity index (χ1v) is 11.1. The van der Waals surface area contributed by atoms with Crippen LogP contribution >= 0.6 is 23.2 Å². The minimum absolute atomic E-state index is 0.0678. The van der Waals surface area contributed by atoms with E-state index in [4.69, 9.17) is 37.1 Å². The van der Waals surface area contributed by atoms with Gasteiger partial charge in [0.1, 0.15) is 29.6 Å². The summed E-state index contributed by atoms with van der Waals surface area (Å²) in [6, 6.07) is 14.3. The Balaban J connectivity index is 1.56. The Labute approximate surface area is 184 Å². The van der Waals surface area contributed by atoms with E-state index in [2.05, 4.69) is 9.93 Å². The van der Waals surface area contributed by atoms with Crippen molar-refractivity contribution in [3.63, 3.8) is 0 Å². The minimum atomic E-state index is -3.80. The number of sulfonamides is 1. The predicted molar refractivity (Wildman–Crippen MR) is 115 cm³/mol. The lowest BCUT2D eigenvalue weighted by molar-refractivity contribution is 0.270. The third-order valence-electron chi connectivity index (χ3n) is 3.76. The van der Waals surface area contributed by atoms with E-state index in [1.165, 1.54) is 18.3 Å². The molecule has 10 heteroatoms. The van der Waals surface area contributed by atoms with Crippen molar-refractivity contribution in [2.24, 2.45) is 5.10 Å². The number of nitrogens with one attached hydrogen (secondary N) is 1. The third-order valence-corrected chi connectivity index (χ3v) is 5.74. The van der Waals surface area contributed by atoms with Crippen LogP contribution in [0, 0.1) is 0 Å². The van der Waals surface area contributed by atoms with E-state index in [9.17, 15) is 8.42 Å². The Bertz CT molecular complexity index is 1130. The van der Waals surface area contributed by atoms with Crippen molar-refractivity contribution in [2.75, 3.05) is 6.61 Å². The average Bonchev–Trinajstić information content (AvgIpc) is 3.17. The van der Waals surface area contributed by atoms with Crippen LogP contribution in [0.2, 0.25) is 10.0 Å². The molecule has 0 aliphatic rings. The van der Waals surface area contributed by atoms with Crippen LogP contribution in [0.3, 0.4) is 0 Å². The number of rotatable bonds is 9. The van der Waals surface area contributed by atoms with Crippen LogP contribution in [0.5, 0.6) is 11.5 Å². The van der Waals surface area contributed by atoms with E-state index in [1.54, 1.807) is 42.5 Å². The Kier molecular flexibility index (Phi) is 7.25. The fraction of sp³-hybridized carbons (Fsp3) is 0.150. The molecule has 0 amide bonds. The van der Waals surface area contributed by atoms with Gasteiger partial charge in [0.2, 0.25) is 0 Å². The normalized spacial score (nSPS) is 11.6. The van der Waals surface area contributed by atoms with Crippen LogP contribution in [-0.4, -0.2) is 21.2 Å². The largest absolute Gasteiger partial charge is 0.494 e. The summed E-state index contributed by atoms with van der Waals surface area (Å²) in [6.45, 7) is 2.50. The van der Waals surface area contributed by atoms with Crippen molar-refractivity contribution in [1.29, 1.82) is 0 Å². The maximum atomic E-state index is 12.3. The van der Waals surface area contributed by atoms with Crippen LogP contribution in [0.4, 0.5) is 0 Å². The SMILES string of the molecule is CCOc1ccc(S(=O)(=O)NN=Cc2ccc(COc3ccc(Cl)c(Cl)c3)o2)cc1. The molecule has 3 aromatic rings. The summed E-state index contributed by atoms with van der Waals surface area (Å²) in [7, 11) is -3.80. The number of hydrogen-bond acceptors (Lipinski definition) is 6. The van der Waals surface area contributed by atoms with E-state index in [1.807, 2.05) is 6.92 Å². The highest BCUT2D eigenvalue weighted by molar-refractivity contribution is 7.89. The fourth-order valence-corrected chi connectivity index (χ4v) is 3.44. The van der Waals surface area contributed by atoms with Gasteiger partial charge in [0.05, 0.1) is 27.8 Å². The monoisotopic (exact) mass is 468 g/mol. The lowest BCUT2D eigenvalue weighted by Gasteiger charge is -2.05. The molecule has 1 aromatic heterocycles. The number of nitrogens with zero attached hydrogens (tertiary/aromatic N) is 1. The van der Waals surface area contributed by atoms with Crippen LogP contribution in [0.15, 0.2) is 69.0 Å². The second-order valence-electron chi connectivity index (χ2n) is 5.93. The van der Waals surface area contributed by atoms with Gasteiger partial charge in [-0.25, -0.2) is 0 Å². The van der Waals surface area contributed by atoms with Gasteiger partial charge in [0.25, 0.3) is 10.0 Å². The highest BCUT2D eigenvalue weighted by Crippen LogP contribution is 2.26. The van der Waals surface area contributed by atoms with Crippen molar-refractivity contribution < 1.29 is 22.3 Å². The number of hydrazone groups is 1. The molecule has 1 N–H and O–H groups in total. The zero-order chi connectivity index (χ0) is 21.6. The van der Waals surface area contributed by atoms with Gasteiger partial charge in [-0.3, -0.25) is 0 Å². The van der Waals surface area contributed by atoms with Crippen molar-refractivity contribution in [1.82, 2.24) is 4.83 Å². The van der Waals surface area contributed by atoms with Gasteiger partial charge in [0, 0.05) is 6.07 Å². The number of benzene rings is 2. The summed E-state index contributed by atoms with van der Waals surface area (Å²) >= 11 is 11.8. The molecule has 0 aliphatic carbocycles. The van der Waals surface area contributed by atoms with Gasteiger partial charge in [-0.2, -0.15) is 18.4 Å². The molecule has 2 aromatic carbocycles. The van der Waals surface area contributed by atoms with Gasteiger partial charge in [-0.05, 0) is 55.5 Å². The molecular weight excluding hydrogens is 451 g/mol. The number of ether oxygens (including phenoxy) is 2. The van der Waals surface area contributed by atoms with Crippen molar-refractivity contribution >= 4 is 39.4 Å². The summed E-state index contributed by atoms with van der Waals surface area (Å²) in [5.41, 5.74) is 0. The molecular formula is C20H18Cl2N2O5S. The van der Waals surface area contributed by atoms with E-state index >= 15 is 0 Å². The van der Waals surface area contributed by atoms with Gasteiger partial charge >= 0.3 is 0 Å². The molecule has 0 bridgehead atoms. The molecule has 0 atom stereocenters. The molecule has 30 heavy (non-hydrogen) atoms. The zero-order valence-electron chi connectivity index (χ0n) is 15.8. The second-order valence-corrected chi connectivity index (χ2v) is 8.40. The standard InChI is InChI=1S/C20H18Cl2N2O5S/c1-2-27-14-5-8-18(9-6-14)30(25,26)24-23-12-16-3-4-17(29-16)13-28-15-7-10-19(21)20(22)11-15/h3-12,24H,2,13H2,1H3. The molecule has 158 valence electrons. The summed E-state index contributed by atoms with van der Waals surface area (Å²) in [5, 5.41) is 4.57. The molecule has 7 nitrogen and oxygen atoms in total. The smallest absolute Gasteiger partial charge is 0.276 e. The number of furan rings is 1. The molecule has 0 aliphatic heterocycles. The van der Waals surface area contributed by atoms with E-state index in [0.29, 0.717) is 39.7 Å². The third kappa shape index (κ3) is 5.91. The first-order chi connectivity index (χ1) is 14.4. The zero-order valence-corrected chi connectivity index (χ0v) is 18.2. The van der Waals surface area contributed by atoms with Crippen molar-refractivity contribution in [3.8, 4) is 11.5 Å². The van der Waals surface area contributed by atoms with Crippen LogP contribution in [-0.2, 0) is 16.6 Å². The molecule has 0 spiro atoms. The van der Waals surface area contributed by atoms with Gasteiger partial charge in [0.15, 0.2) is 0 Å². The Morgan fingerprint density at radius 3 is 2.43 bits per heavy atom.